The van der Waals surface area contributed by atoms with E-state index < -0.39 is 0 Å². The molecular formula is C22H27N3O. The maximum Gasteiger partial charge on any atom is 0.253 e. The fourth-order valence-electron chi connectivity index (χ4n) is 4.32. The maximum absolute atomic E-state index is 12.8. The Balaban J connectivity index is 1.32. The highest BCUT2D eigenvalue weighted by Crippen LogP contribution is 2.25. The van der Waals surface area contributed by atoms with E-state index in [2.05, 4.69) is 34.1 Å². The van der Waals surface area contributed by atoms with Crippen molar-refractivity contribution in [1.29, 1.82) is 0 Å². The summed E-state index contributed by atoms with van der Waals surface area (Å²) in [5.41, 5.74) is 4.89. The average Bonchev–Trinajstić information content (AvgIpc) is 3.16. The highest BCUT2D eigenvalue weighted by atomic mass is 16.2. The third kappa shape index (κ3) is 3.59. The van der Waals surface area contributed by atoms with Gasteiger partial charge in [0.1, 0.15) is 0 Å². The van der Waals surface area contributed by atoms with Crippen LogP contribution in [0.5, 0.6) is 0 Å². The molecular weight excluding hydrogens is 322 g/mol. The zero-order valence-electron chi connectivity index (χ0n) is 15.5. The van der Waals surface area contributed by atoms with Crippen molar-refractivity contribution in [2.24, 2.45) is 5.92 Å². The summed E-state index contributed by atoms with van der Waals surface area (Å²) in [5.74, 6) is 0.743. The predicted molar refractivity (Wildman–Crippen MR) is 105 cm³/mol. The molecule has 1 aliphatic heterocycles. The van der Waals surface area contributed by atoms with Crippen molar-refractivity contribution >= 4 is 11.6 Å². The number of amides is 1. The molecule has 0 bridgehead atoms. The van der Waals surface area contributed by atoms with E-state index in [4.69, 9.17) is 0 Å². The Morgan fingerprint density at radius 1 is 1.12 bits per heavy atom. The van der Waals surface area contributed by atoms with Crippen LogP contribution in [0.25, 0.3) is 0 Å². The van der Waals surface area contributed by atoms with Crippen LogP contribution in [0.4, 0.5) is 5.69 Å². The zero-order valence-corrected chi connectivity index (χ0v) is 15.5. The van der Waals surface area contributed by atoms with Gasteiger partial charge in [0.2, 0.25) is 0 Å². The first-order valence-corrected chi connectivity index (χ1v) is 9.73. The van der Waals surface area contributed by atoms with Gasteiger partial charge in [0, 0.05) is 50.3 Å². The van der Waals surface area contributed by atoms with Crippen molar-refractivity contribution < 1.29 is 4.79 Å². The zero-order chi connectivity index (χ0) is 17.9. The minimum absolute atomic E-state index is 0.163. The lowest BCUT2D eigenvalue weighted by molar-refractivity contribution is 0.0765. The lowest BCUT2D eigenvalue weighted by Crippen LogP contribution is -2.39. The molecule has 1 aromatic carbocycles. The largest absolute Gasteiger partial charge is 0.371 e. The number of hydrogen-bond acceptors (Lipinski definition) is 3. The molecule has 0 N–H and O–H groups in total. The Labute approximate surface area is 155 Å². The lowest BCUT2D eigenvalue weighted by atomic mass is 9.95. The van der Waals surface area contributed by atoms with E-state index in [-0.39, 0.29) is 5.91 Å². The Kier molecular flexibility index (Phi) is 4.91. The maximum atomic E-state index is 12.8. The second-order valence-electron chi connectivity index (χ2n) is 7.66. The molecule has 0 unspecified atom stereocenters. The number of aryl methyl sites for hydroxylation is 2. The molecule has 1 aromatic heterocycles. The van der Waals surface area contributed by atoms with Crippen molar-refractivity contribution in [2.45, 2.75) is 32.1 Å². The number of hydrogen-bond donors (Lipinski definition) is 0. The summed E-state index contributed by atoms with van der Waals surface area (Å²) < 4.78 is 0. The quantitative estimate of drug-likeness (QED) is 0.847. The first-order chi connectivity index (χ1) is 12.7. The van der Waals surface area contributed by atoms with Gasteiger partial charge in [-0.1, -0.05) is 6.07 Å². The number of pyridine rings is 1. The van der Waals surface area contributed by atoms with Crippen molar-refractivity contribution in [3.63, 3.8) is 0 Å². The summed E-state index contributed by atoms with van der Waals surface area (Å²) in [6.07, 6.45) is 9.46. The van der Waals surface area contributed by atoms with Crippen LogP contribution in [0, 0.1) is 5.92 Å². The van der Waals surface area contributed by atoms with Crippen LogP contribution in [-0.2, 0) is 12.8 Å². The van der Waals surface area contributed by atoms with Gasteiger partial charge in [-0.15, -0.1) is 0 Å². The topological polar surface area (TPSA) is 36.4 Å². The summed E-state index contributed by atoms with van der Waals surface area (Å²) in [7, 11) is 1.95. The molecule has 1 saturated heterocycles. The first-order valence-electron chi connectivity index (χ1n) is 9.73. The molecule has 0 spiro atoms. The molecule has 4 heteroatoms. The Bertz CT molecular complexity index is 766. The molecule has 2 heterocycles. The molecule has 0 atom stereocenters. The Morgan fingerprint density at radius 2 is 1.85 bits per heavy atom. The molecule has 0 saturated carbocycles. The highest BCUT2D eigenvalue weighted by Gasteiger charge is 2.23. The van der Waals surface area contributed by atoms with Crippen molar-refractivity contribution in [1.82, 2.24) is 9.88 Å². The summed E-state index contributed by atoms with van der Waals surface area (Å²) in [6.45, 7) is 2.95. The Morgan fingerprint density at radius 3 is 2.62 bits per heavy atom. The monoisotopic (exact) mass is 349 g/mol. The summed E-state index contributed by atoms with van der Waals surface area (Å²) >= 11 is 0. The fraction of sp³-hybridized carbons (Fsp3) is 0.455. The second kappa shape index (κ2) is 7.48. The summed E-state index contributed by atoms with van der Waals surface area (Å²) in [5, 5.41) is 0. The number of piperidine rings is 1. The molecule has 2 aliphatic rings. The fourth-order valence-corrected chi connectivity index (χ4v) is 4.32. The molecule has 4 nitrogen and oxygen atoms in total. The van der Waals surface area contributed by atoms with E-state index in [0.29, 0.717) is 5.92 Å². The van der Waals surface area contributed by atoms with E-state index in [1.807, 2.05) is 30.4 Å². The van der Waals surface area contributed by atoms with Crippen LogP contribution >= 0.6 is 0 Å². The molecule has 1 amide bonds. The van der Waals surface area contributed by atoms with Gasteiger partial charge in [-0.05, 0) is 73.4 Å². The average molecular weight is 349 g/mol. The summed E-state index contributed by atoms with van der Waals surface area (Å²) in [6, 6.07) is 10.4. The van der Waals surface area contributed by atoms with Crippen LogP contribution < -0.4 is 4.90 Å². The number of benzene rings is 1. The SMILES string of the molecule is CN(CC1CCN(c2ccncc2)CC1)C(=O)c1ccc2c(c1)CCC2. The minimum Gasteiger partial charge on any atom is -0.371 e. The van der Waals surface area contributed by atoms with Crippen LogP contribution in [0.1, 0.15) is 40.7 Å². The van der Waals surface area contributed by atoms with Gasteiger partial charge in [0.25, 0.3) is 5.91 Å². The van der Waals surface area contributed by atoms with Gasteiger partial charge in [-0.2, -0.15) is 0 Å². The van der Waals surface area contributed by atoms with Gasteiger partial charge in [0.15, 0.2) is 0 Å². The second-order valence-corrected chi connectivity index (χ2v) is 7.66. The number of nitrogens with zero attached hydrogens (tertiary/aromatic N) is 3. The minimum atomic E-state index is 0.163. The smallest absolute Gasteiger partial charge is 0.253 e. The van der Waals surface area contributed by atoms with Gasteiger partial charge >= 0.3 is 0 Å². The lowest BCUT2D eigenvalue weighted by Gasteiger charge is -2.35. The molecule has 0 radical (unpaired) electrons. The molecule has 136 valence electrons. The van der Waals surface area contributed by atoms with E-state index in [1.54, 1.807) is 0 Å². The van der Waals surface area contributed by atoms with E-state index in [0.717, 1.165) is 50.9 Å². The van der Waals surface area contributed by atoms with Gasteiger partial charge in [-0.3, -0.25) is 9.78 Å². The van der Waals surface area contributed by atoms with Crippen LogP contribution in [0.2, 0.25) is 0 Å². The van der Waals surface area contributed by atoms with E-state index >= 15 is 0 Å². The van der Waals surface area contributed by atoms with Gasteiger partial charge < -0.3 is 9.80 Å². The summed E-state index contributed by atoms with van der Waals surface area (Å²) in [4.78, 5) is 21.2. The third-order valence-corrected chi connectivity index (χ3v) is 5.87. The first kappa shape index (κ1) is 17.1. The van der Waals surface area contributed by atoms with E-state index in [1.165, 1.54) is 23.2 Å². The number of anilines is 1. The Hall–Kier alpha value is -2.36. The normalized spacial score (nSPS) is 17.2. The molecule has 4 rings (SSSR count). The number of carbonyl (C=O) groups excluding carboxylic acids is 1. The van der Waals surface area contributed by atoms with Crippen molar-refractivity contribution in [3.8, 4) is 0 Å². The number of aromatic nitrogens is 1. The van der Waals surface area contributed by atoms with Crippen molar-refractivity contribution in [3.05, 3.63) is 59.4 Å². The number of carbonyl (C=O) groups is 1. The van der Waals surface area contributed by atoms with E-state index in [9.17, 15) is 4.79 Å². The standard InChI is InChI=1S/C22H27N3O/c1-24(22(26)20-6-5-18-3-2-4-19(18)15-20)16-17-9-13-25(14-10-17)21-7-11-23-12-8-21/h5-8,11-12,15,17H,2-4,9-10,13-14,16H2,1H3. The molecule has 1 aliphatic carbocycles. The van der Waals surface area contributed by atoms with Crippen molar-refractivity contribution in [2.75, 3.05) is 31.6 Å². The number of rotatable bonds is 4. The molecule has 2 aromatic rings. The molecule has 1 fully saturated rings. The predicted octanol–water partition coefficient (Wildman–Crippen LogP) is 3.56. The van der Waals surface area contributed by atoms with Gasteiger partial charge in [0.05, 0.1) is 0 Å². The van der Waals surface area contributed by atoms with Gasteiger partial charge in [-0.25, -0.2) is 0 Å². The highest BCUT2D eigenvalue weighted by molar-refractivity contribution is 5.94. The molecule has 26 heavy (non-hydrogen) atoms. The van der Waals surface area contributed by atoms with Crippen LogP contribution in [0.15, 0.2) is 42.7 Å². The third-order valence-electron chi connectivity index (χ3n) is 5.87. The number of fused-ring (bicyclic) bond motifs is 1. The van der Waals surface area contributed by atoms with Crippen LogP contribution in [-0.4, -0.2) is 42.5 Å². The van der Waals surface area contributed by atoms with Crippen LogP contribution in [0.3, 0.4) is 0 Å².